The second-order valence-corrected chi connectivity index (χ2v) is 7.12. The maximum Gasteiger partial charge on any atom is 0.265 e. The van der Waals surface area contributed by atoms with Crippen LogP contribution in [-0.2, 0) is 20.8 Å². The van der Waals surface area contributed by atoms with Crippen LogP contribution < -0.4 is 10.6 Å². The first-order chi connectivity index (χ1) is 13.5. The van der Waals surface area contributed by atoms with E-state index < -0.39 is 12.1 Å². The molecule has 0 spiro atoms. The highest BCUT2D eigenvalue weighted by molar-refractivity contribution is 6.04. The fourth-order valence-corrected chi connectivity index (χ4v) is 3.03. The van der Waals surface area contributed by atoms with Crippen molar-refractivity contribution < 1.29 is 14.4 Å². The van der Waals surface area contributed by atoms with Crippen LogP contribution >= 0.6 is 0 Å². The Balaban J connectivity index is 1.65. The van der Waals surface area contributed by atoms with Crippen LogP contribution in [0.15, 0.2) is 65.8 Å². The van der Waals surface area contributed by atoms with E-state index in [9.17, 15) is 9.59 Å². The van der Waals surface area contributed by atoms with Crippen molar-refractivity contribution in [1.82, 2.24) is 10.6 Å². The summed E-state index contributed by atoms with van der Waals surface area (Å²) in [6.07, 6.45) is 0.0459. The molecule has 2 amide bonds. The zero-order valence-corrected chi connectivity index (χ0v) is 16.1. The van der Waals surface area contributed by atoms with Crippen LogP contribution in [0.1, 0.15) is 31.4 Å². The van der Waals surface area contributed by atoms with E-state index in [1.54, 1.807) is 0 Å². The summed E-state index contributed by atoms with van der Waals surface area (Å²) >= 11 is 0. The number of nitrogens with zero attached hydrogens (tertiary/aromatic N) is 1. The summed E-state index contributed by atoms with van der Waals surface area (Å²) in [6, 6.07) is 18.5. The molecule has 0 saturated carbocycles. The molecule has 0 radical (unpaired) electrons. The monoisotopic (exact) mass is 379 g/mol. The van der Waals surface area contributed by atoms with Crippen molar-refractivity contribution in [2.75, 3.05) is 0 Å². The number of rotatable bonds is 7. The van der Waals surface area contributed by atoms with Crippen molar-refractivity contribution in [3.05, 3.63) is 71.8 Å². The third-order valence-electron chi connectivity index (χ3n) is 4.41. The second-order valence-electron chi connectivity index (χ2n) is 7.12. The number of benzene rings is 2. The van der Waals surface area contributed by atoms with Crippen LogP contribution in [0.25, 0.3) is 0 Å². The lowest BCUT2D eigenvalue weighted by molar-refractivity contribution is -0.135. The fraction of sp³-hybridized carbons (Fsp3) is 0.318. The van der Waals surface area contributed by atoms with Crippen LogP contribution in [0.4, 0.5) is 0 Å². The predicted octanol–water partition coefficient (Wildman–Crippen LogP) is 2.43. The topological polar surface area (TPSA) is 79.8 Å². The average Bonchev–Trinajstić information content (AvgIpc) is 3.19. The van der Waals surface area contributed by atoms with Gasteiger partial charge in [0.2, 0.25) is 12.0 Å². The normalized spacial score (nSPS) is 16.8. The SMILES string of the molecule is CC(C)NC(=O)[C@@H](Cc1ccccc1)NC(=O)[C@@H]1CC(c2ccccc2)=NO1. The molecule has 0 unspecified atom stereocenters. The number of hydrogen-bond donors (Lipinski definition) is 2. The molecule has 1 aliphatic heterocycles. The van der Waals surface area contributed by atoms with Gasteiger partial charge in [-0.25, -0.2) is 0 Å². The molecule has 0 bridgehead atoms. The Morgan fingerprint density at radius 2 is 1.68 bits per heavy atom. The molecular weight excluding hydrogens is 354 g/mol. The summed E-state index contributed by atoms with van der Waals surface area (Å²) in [6.45, 7) is 3.78. The molecule has 2 atom stereocenters. The summed E-state index contributed by atoms with van der Waals surface area (Å²) in [7, 11) is 0. The lowest BCUT2D eigenvalue weighted by atomic mass is 10.0. The fourth-order valence-electron chi connectivity index (χ4n) is 3.03. The quantitative estimate of drug-likeness (QED) is 0.775. The number of amides is 2. The summed E-state index contributed by atoms with van der Waals surface area (Å²) in [4.78, 5) is 30.7. The molecule has 2 aromatic carbocycles. The summed E-state index contributed by atoms with van der Waals surface area (Å²) < 4.78 is 0. The molecule has 146 valence electrons. The molecule has 0 fully saturated rings. The van der Waals surface area contributed by atoms with Crippen molar-refractivity contribution in [1.29, 1.82) is 0 Å². The first-order valence-corrected chi connectivity index (χ1v) is 9.45. The van der Waals surface area contributed by atoms with Crippen LogP contribution in [-0.4, -0.2) is 35.7 Å². The number of carbonyl (C=O) groups is 2. The van der Waals surface area contributed by atoms with Gasteiger partial charge in [-0.05, 0) is 25.0 Å². The molecule has 0 saturated heterocycles. The van der Waals surface area contributed by atoms with Gasteiger partial charge in [-0.2, -0.15) is 0 Å². The zero-order chi connectivity index (χ0) is 19.9. The van der Waals surface area contributed by atoms with E-state index in [4.69, 9.17) is 4.84 Å². The van der Waals surface area contributed by atoms with Gasteiger partial charge in [0.15, 0.2) is 0 Å². The standard InChI is InChI=1S/C22H25N3O3/c1-15(2)23-21(26)19(13-16-9-5-3-6-10-16)24-22(27)20-14-18(25-28-20)17-11-7-4-8-12-17/h3-12,15,19-20H,13-14H2,1-2H3,(H,23,26)(H,24,27)/t19-,20+/m1/s1. The zero-order valence-electron chi connectivity index (χ0n) is 16.1. The van der Waals surface area contributed by atoms with E-state index in [2.05, 4.69) is 15.8 Å². The molecular formula is C22H25N3O3. The molecule has 6 heteroatoms. The van der Waals surface area contributed by atoms with Gasteiger partial charge in [-0.3, -0.25) is 9.59 Å². The minimum absolute atomic E-state index is 0.0153. The van der Waals surface area contributed by atoms with Crippen molar-refractivity contribution >= 4 is 17.5 Å². The lowest BCUT2D eigenvalue weighted by Gasteiger charge is -2.21. The molecule has 2 aromatic rings. The van der Waals surface area contributed by atoms with Gasteiger partial charge in [0.25, 0.3) is 5.91 Å². The van der Waals surface area contributed by atoms with E-state index in [-0.39, 0.29) is 17.9 Å². The molecule has 2 N–H and O–H groups in total. The van der Waals surface area contributed by atoms with Gasteiger partial charge in [0.05, 0.1) is 5.71 Å². The number of oxime groups is 1. The highest BCUT2D eigenvalue weighted by Gasteiger charge is 2.32. The Bertz CT molecular complexity index is 835. The van der Waals surface area contributed by atoms with E-state index in [1.165, 1.54) is 0 Å². The first-order valence-electron chi connectivity index (χ1n) is 9.45. The largest absolute Gasteiger partial charge is 0.382 e. The highest BCUT2D eigenvalue weighted by atomic mass is 16.6. The minimum atomic E-state index is -0.736. The first kappa shape index (κ1) is 19.6. The van der Waals surface area contributed by atoms with Crippen molar-refractivity contribution in [3.63, 3.8) is 0 Å². The van der Waals surface area contributed by atoms with Gasteiger partial charge in [0, 0.05) is 18.9 Å². The minimum Gasteiger partial charge on any atom is -0.382 e. The summed E-state index contributed by atoms with van der Waals surface area (Å²) in [5.74, 6) is -0.552. The highest BCUT2D eigenvalue weighted by Crippen LogP contribution is 2.17. The Morgan fingerprint density at radius 1 is 1.04 bits per heavy atom. The van der Waals surface area contributed by atoms with E-state index in [1.807, 2.05) is 74.5 Å². The predicted molar refractivity (Wildman–Crippen MR) is 108 cm³/mol. The summed E-state index contributed by atoms with van der Waals surface area (Å²) in [5.41, 5.74) is 2.63. The van der Waals surface area contributed by atoms with Crippen molar-refractivity contribution in [2.45, 2.75) is 44.9 Å². The number of hydrogen-bond acceptors (Lipinski definition) is 4. The second kappa shape index (κ2) is 9.17. The molecule has 1 aliphatic rings. The molecule has 6 nitrogen and oxygen atoms in total. The van der Waals surface area contributed by atoms with Crippen LogP contribution in [0.3, 0.4) is 0 Å². The van der Waals surface area contributed by atoms with Crippen LogP contribution in [0.2, 0.25) is 0 Å². The third-order valence-corrected chi connectivity index (χ3v) is 4.41. The number of carbonyl (C=O) groups excluding carboxylic acids is 2. The van der Waals surface area contributed by atoms with Gasteiger partial charge >= 0.3 is 0 Å². The summed E-state index contributed by atoms with van der Waals surface area (Å²) in [5, 5.41) is 9.75. The molecule has 3 rings (SSSR count). The molecule has 0 aromatic heterocycles. The maximum atomic E-state index is 12.7. The molecule has 28 heavy (non-hydrogen) atoms. The maximum absolute atomic E-state index is 12.7. The molecule has 0 aliphatic carbocycles. The Labute approximate surface area is 165 Å². The molecule has 1 heterocycles. The Morgan fingerprint density at radius 3 is 2.32 bits per heavy atom. The number of nitrogens with one attached hydrogen (secondary N) is 2. The van der Waals surface area contributed by atoms with Gasteiger partial charge in [0.1, 0.15) is 6.04 Å². The van der Waals surface area contributed by atoms with Crippen molar-refractivity contribution in [3.8, 4) is 0 Å². The van der Waals surface area contributed by atoms with Gasteiger partial charge in [-0.1, -0.05) is 65.8 Å². The van der Waals surface area contributed by atoms with Gasteiger partial charge < -0.3 is 15.5 Å². The van der Waals surface area contributed by atoms with Crippen LogP contribution in [0, 0.1) is 0 Å². The average molecular weight is 379 g/mol. The Kier molecular flexibility index (Phi) is 6.42. The van der Waals surface area contributed by atoms with Crippen molar-refractivity contribution in [2.24, 2.45) is 5.16 Å². The smallest absolute Gasteiger partial charge is 0.265 e. The Hall–Kier alpha value is -3.15. The van der Waals surface area contributed by atoms with Gasteiger partial charge in [-0.15, -0.1) is 0 Å². The van der Waals surface area contributed by atoms with E-state index in [0.29, 0.717) is 12.8 Å². The van der Waals surface area contributed by atoms with E-state index >= 15 is 0 Å². The third kappa shape index (κ3) is 5.19. The lowest BCUT2D eigenvalue weighted by Crippen LogP contribution is -2.52. The van der Waals surface area contributed by atoms with E-state index in [0.717, 1.165) is 16.8 Å². The van der Waals surface area contributed by atoms with Crippen LogP contribution in [0.5, 0.6) is 0 Å².